The second kappa shape index (κ2) is 13.1. The number of benzene rings is 3. The molecule has 0 aromatic heterocycles. The van der Waals surface area contributed by atoms with Crippen molar-refractivity contribution < 1.29 is 23.9 Å². The van der Waals surface area contributed by atoms with Crippen molar-refractivity contribution >= 4 is 23.5 Å². The van der Waals surface area contributed by atoms with Gasteiger partial charge in [0, 0.05) is 43.1 Å². The van der Waals surface area contributed by atoms with E-state index in [1.165, 1.54) is 23.6 Å². The lowest BCUT2D eigenvalue weighted by atomic mass is 9.65. The van der Waals surface area contributed by atoms with Gasteiger partial charge in [-0.15, -0.1) is 0 Å². The van der Waals surface area contributed by atoms with E-state index in [1.807, 2.05) is 48.2 Å². The summed E-state index contributed by atoms with van der Waals surface area (Å²) in [7, 11) is 1.61. The number of methoxy groups -OCH3 is 1. The lowest BCUT2D eigenvalue weighted by Gasteiger charge is -2.39. The molecule has 1 unspecified atom stereocenters. The van der Waals surface area contributed by atoms with Gasteiger partial charge in [0.15, 0.2) is 0 Å². The molecule has 43 heavy (non-hydrogen) atoms. The molecule has 1 N–H and O–H groups in total. The van der Waals surface area contributed by atoms with Crippen LogP contribution in [0.5, 0.6) is 5.75 Å². The highest BCUT2D eigenvalue weighted by atomic mass is 16.5. The molecule has 2 amide bonds. The molecule has 3 aromatic carbocycles. The number of nitrogens with one attached hydrogen (secondary N) is 1. The Morgan fingerprint density at radius 1 is 1.00 bits per heavy atom. The quantitative estimate of drug-likeness (QED) is 0.299. The van der Waals surface area contributed by atoms with Gasteiger partial charge in [0.05, 0.1) is 13.7 Å². The third kappa shape index (κ3) is 6.56. The van der Waals surface area contributed by atoms with Gasteiger partial charge < -0.3 is 19.7 Å². The Morgan fingerprint density at radius 2 is 1.77 bits per heavy atom. The van der Waals surface area contributed by atoms with Gasteiger partial charge in [-0.2, -0.15) is 0 Å². The maximum absolute atomic E-state index is 13.4. The lowest BCUT2D eigenvalue weighted by Crippen LogP contribution is -2.38. The largest absolute Gasteiger partial charge is 0.497 e. The Kier molecular flexibility index (Phi) is 9.10. The molecule has 1 aliphatic carbocycles. The van der Waals surface area contributed by atoms with E-state index in [-0.39, 0.29) is 17.8 Å². The van der Waals surface area contributed by atoms with Gasteiger partial charge in [0.1, 0.15) is 5.75 Å². The highest BCUT2D eigenvalue weighted by molar-refractivity contribution is 5.94. The van der Waals surface area contributed by atoms with Crippen LogP contribution in [0.2, 0.25) is 0 Å². The predicted molar refractivity (Wildman–Crippen MR) is 167 cm³/mol. The van der Waals surface area contributed by atoms with E-state index in [1.54, 1.807) is 7.11 Å². The minimum absolute atomic E-state index is 0.00345. The second-order valence-corrected chi connectivity index (χ2v) is 11.0. The Hall–Kier alpha value is -4.65. The van der Waals surface area contributed by atoms with Crippen LogP contribution in [-0.4, -0.2) is 42.9 Å². The van der Waals surface area contributed by atoms with E-state index >= 15 is 0 Å². The molecule has 3 aromatic rings. The van der Waals surface area contributed by atoms with Crippen LogP contribution in [0.1, 0.15) is 65.7 Å². The monoisotopic (exact) mass is 578 g/mol. The highest BCUT2D eigenvalue weighted by Gasteiger charge is 2.37. The van der Waals surface area contributed by atoms with Crippen LogP contribution in [-0.2, 0) is 32.7 Å². The van der Waals surface area contributed by atoms with Crippen molar-refractivity contribution in [2.45, 2.75) is 51.5 Å². The summed E-state index contributed by atoms with van der Waals surface area (Å²) in [4.78, 5) is 39.1. The van der Waals surface area contributed by atoms with Crippen LogP contribution in [0.15, 0.2) is 90.5 Å². The Morgan fingerprint density at radius 3 is 2.47 bits per heavy atom. The van der Waals surface area contributed by atoms with Gasteiger partial charge in [-0.3, -0.25) is 14.4 Å². The Balaban J connectivity index is 1.48. The fourth-order valence-corrected chi connectivity index (χ4v) is 6.20. The van der Waals surface area contributed by atoms with Crippen molar-refractivity contribution in [3.8, 4) is 5.75 Å². The molecule has 7 heteroatoms. The summed E-state index contributed by atoms with van der Waals surface area (Å²) in [5, 5.41) is 2.86. The van der Waals surface area contributed by atoms with Crippen LogP contribution >= 0.6 is 0 Å². The molecule has 0 saturated heterocycles. The number of amides is 2. The van der Waals surface area contributed by atoms with Gasteiger partial charge in [-0.25, -0.2) is 0 Å². The third-order valence-corrected chi connectivity index (χ3v) is 8.27. The number of anilines is 1. The summed E-state index contributed by atoms with van der Waals surface area (Å²) in [6.45, 7) is 4.83. The number of esters is 1. The Bertz CT molecular complexity index is 1560. The average Bonchev–Trinajstić information content (AvgIpc) is 3.03. The van der Waals surface area contributed by atoms with E-state index in [2.05, 4.69) is 53.9 Å². The molecular weight excluding hydrogens is 540 g/mol. The van der Waals surface area contributed by atoms with Crippen molar-refractivity contribution in [3.05, 3.63) is 118 Å². The molecule has 7 nitrogen and oxygen atoms in total. The second-order valence-electron chi connectivity index (χ2n) is 11.0. The Labute approximate surface area is 253 Å². The zero-order valence-electron chi connectivity index (χ0n) is 25.0. The lowest BCUT2D eigenvalue weighted by molar-refractivity contribution is -0.143. The van der Waals surface area contributed by atoms with Crippen molar-refractivity contribution in [1.82, 2.24) is 4.90 Å². The summed E-state index contributed by atoms with van der Waals surface area (Å²) >= 11 is 0. The van der Waals surface area contributed by atoms with Gasteiger partial charge in [-0.1, -0.05) is 54.1 Å². The summed E-state index contributed by atoms with van der Waals surface area (Å²) in [6.07, 6.45) is 8.84. The molecular formula is C36H38N2O5. The fourth-order valence-electron chi connectivity index (χ4n) is 6.20. The summed E-state index contributed by atoms with van der Waals surface area (Å²) in [5.41, 5.74) is 6.78. The van der Waals surface area contributed by atoms with Gasteiger partial charge in [0.25, 0.3) is 5.91 Å². The van der Waals surface area contributed by atoms with E-state index in [0.29, 0.717) is 44.5 Å². The topological polar surface area (TPSA) is 84.9 Å². The molecule has 0 radical (unpaired) electrons. The van der Waals surface area contributed by atoms with Crippen LogP contribution in [0, 0.1) is 0 Å². The molecule has 0 bridgehead atoms. The van der Waals surface area contributed by atoms with Crippen molar-refractivity contribution in [1.29, 1.82) is 0 Å². The first-order valence-electron chi connectivity index (χ1n) is 14.8. The maximum Gasteiger partial charge on any atom is 0.306 e. The first-order valence-corrected chi connectivity index (χ1v) is 14.8. The minimum Gasteiger partial charge on any atom is -0.497 e. The fraction of sp³-hybridized carbons (Fsp3) is 0.306. The number of carbonyl (C=O) groups excluding carboxylic acids is 3. The average molecular weight is 579 g/mol. The van der Waals surface area contributed by atoms with Gasteiger partial charge in [0.2, 0.25) is 5.91 Å². The molecule has 0 fully saturated rings. The van der Waals surface area contributed by atoms with Crippen molar-refractivity contribution in [3.63, 3.8) is 0 Å². The molecule has 5 rings (SSSR count). The van der Waals surface area contributed by atoms with Crippen LogP contribution in [0.4, 0.5) is 5.69 Å². The maximum atomic E-state index is 13.4. The standard InChI is InChI=1S/C36H38N2O5/c1-4-43-34(40)19-10-26-7-6-21-36(23-26,29-13-15-30(16-14-29)37-25(2)39)33-9-5-8-28-24-38(22-20-32(28)33)35(41)27-11-17-31(42-3)18-12-27/h5-9,11-18,21H,4,10,19-20,22-24H2,1-3H3,(H,37,39). The number of rotatable bonds is 9. The van der Waals surface area contributed by atoms with Gasteiger partial charge >= 0.3 is 5.97 Å². The number of allylic oxidation sites excluding steroid dienone is 4. The SMILES string of the molecule is CCOC(=O)CCC1=CC=CC(c2ccc(NC(C)=O)cc2)(c2cccc3c2CCN(C(=O)c2ccc(OC)cc2)C3)C1. The first-order chi connectivity index (χ1) is 20.8. The number of hydrogen-bond donors (Lipinski definition) is 1. The number of carbonyl (C=O) groups is 3. The van der Waals surface area contributed by atoms with Crippen molar-refractivity contribution in [2.24, 2.45) is 0 Å². The van der Waals surface area contributed by atoms with E-state index in [4.69, 9.17) is 9.47 Å². The number of nitrogens with zero attached hydrogens (tertiary/aromatic N) is 1. The minimum atomic E-state index is -0.471. The highest BCUT2D eigenvalue weighted by Crippen LogP contribution is 2.45. The normalized spacial score (nSPS) is 17.5. The predicted octanol–water partition coefficient (Wildman–Crippen LogP) is 6.37. The molecule has 0 saturated carbocycles. The molecule has 222 valence electrons. The molecule has 1 atom stereocenters. The van der Waals surface area contributed by atoms with Crippen LogP contribution in [0.3, 0.4) is 0 Å². The third-order valence-electron chi connectivity index (χ3n) is 8.27. The summed E-state index contributed by atoms with van der Waals surface area (Å²) in [5.74, 6) is 0.414. The number of ether oxygens (including phenoxy) is 2. The number of hydrogen-bond acceptors (Lipinski definition) is 5. The summed E-state index contributed by atoms with van der Waals surface area (Å²) < 4.78 is 10.4. The van der Waals surface area contributed by atoms with E-state index < -0.39 is 5.41 Å². The van der Waals surface area contributed by atoms with Crippen LogP contribution < -0.4 is 10.1 Å². The van der Waals surface area contributed by atoms with E-state index in [9.17, 15) is 14.4 Å². The molecule has 1 heterocycles. The first kappa shape index (κ1) is 29.8. The van der Waals surface area contributed by atoms with Crippen molar-refractivity contribution in [2.75, 3.05) is 25.6 Å². The zero-order valence-corrected chi connectivity index (χ0v) is 25.0. The molecule has 0 spiro atoms. The molecule has 2 aliphatic rings. The van der Waals surface area contributed by atoms with E-state index in [0.717, 1.165) is 29.0 Å². The zero-order chi connectivity index (χ0) is 30.4. The summed E-state index contributed by atoms with van der Waals surface area (Å²) in [6, 6.07) is 21.7. The molecule has 1 aliphatic heterocycles. The van der Waals surface area contributed by atoms with Gasteiger partial charge in [-0.05, 0) is 84.8 Å². The van der Waals surface area contributed by atoms with Crippen LogP contribution in [0.25, 0.3) is 0 Å². The number of fused-ring (bicyclic) bond motifs is 1. The smallest absolute Gasteiger partial charge is 0.306 e.